The van der Waals surface area contributed by atoms with E-state index in [9.17, 15) is 0 Å². The third-order valence-corrected chi connectivity index (χ3v) is 2.68. The number of hydrogen-bond donors (Lipinski definition) is 0. The molecule has 2 aliphatic rings. The van der Waals surface area contributed by atoms with E-state index in [-0.39, 0.29) is 0 Å². The Morgan fingerprint density at radius 1 is 1.62 bits per heavy atom. The van der Waals surface area contributed by atoms with Crippen LogP contribution in [0.3, 0.4) is 0 Å². The first-order valence-corrected chi connectivity index (χ1v) is 4.53. The predicted molar refractivity (Wildman–Crippen MR) is 38.1 cm³/mol. The molecule has 0 atom stereocenters. The van der Waals surface area contributed by atoms with E-state index in [0.717, 1.165) is 5.92 Å². The molecule has 44 valence electrons. The Kier molecular flexibility index (Phi) is 0.944. The molecule has 8 heavy (non-hydrogen) atoms. The lowest BCUT2D eigenvalue weighted by molar-refractivity contribution is 0.750. The van der Waals surface area contributed by atoms with Crippen LogP contribution in [-0.4, -0.2) is 12.0 Å². The molecule has 0 aromatic carbocycles. The maximum atomic E-state index is 2.18. The summed E-state index contributed by atoms with van der Waals surface area (Å²) in [7, 11) is 0. The van der Waals surface area contributed by atoms with E-state index in [1.165, 1.54) is 18.6 Å². The van der Waals surface area contributed by atoms with Crippen molar-refractivity contribution in [1.82, 2.24) is 0 Å². The van der Waals surface area contributed by atoms with Crippen LogP contribution in [0.5, 0.6) is 0 Å². The van der Waals surface area contributed by atoms with Gasteiger partial charge in [-0.05, 0) is 24.9 Å². The van der Waals surface area contributed by atoms with Crippen molar-refractivity contribution in [2.24, 2.45) is 5.92 Å². The van der Waals surface area contributed by atoms with E-state index in [4.69, 9.17) is 0 Å². The van der Waals surface area contributed by atoms with E-state index in [2.05, 4.69) is 6.26 Å². The summed E-state index contributed by atoms with van der Waals surface area (Å²) in [5.41, 5.74) is 3.61. The smallest absolute Gasteiger partial charge is 0.00272 e. The maximum Gasteiger partial charge on any atom is 0.00272 e. The molecule has 0 aromatic heterocycles. The predicted octanol–water partition coefficient (Wildman–Crippen LogP) is 2.07. The van der Waals surface area contributed by atoms with Gasteiger partial charge in [-0.15, -0.1) is 0 Å². The Bertz CT molecular complexity index is 134. The van der Waals surface area contributed by atoms with Gasteiger partial charge >= 0.3 is 0 Å². The second-order valence-electron chi connectivity index (χ2n) is 2.56. The molecule has 0 spiro atoms. The quantitative estimate of drug-likeness (QED) is 0.522. The van der Waals surface area contributed by atoms with Gasteiger partial charge in [0.05, 0.1) is 0 Å². The monoisotopic (exact) mass is 126 g/mol. The second kappa shape index (κ2) is 1.53. The minimum atomic E-state index is 1.03. The molecule has 2 rings (SSSR count). The van der Waals surface area contributed by atoms with E-state index >= 15 is 0 Å². The van der Waals surface area contributed by atoms with Crippen molar-refractivity contribution in [2.75, 3.05) is 12.0 Å². The standard InChI is InChI=1S/C7H10S/c1-8-3-2-5-6-4-7(5)6/h5H,2-4H2,1H3. The zero-order valence-corrected chi connectivity index (χ0v) is 5.92. The highest BCUT2D eigenvalue weighted by Gasteiger charge is 2.47. The SMILES string of the molecule is CSCCC1C2=C1C2. The summed E-state index contributed by atoms with van der Waals surface area (Å²) < 4.78 is 0. The number of rotatable bonds is 3. The van der Waals surface area contributed by atoms with Gasteiger partial charge in [0, 0.05) is 5.92 Å². The Morgan fingerprint density at radius 2 is 2.38 bits per heavy atom. The van der Waals surface area contributed by atoms with Gasteiger partial charge in [-0.25, -0.2) is 0 Å². The topological polar surface area (TPSA) is 0 Å². The van der Waals surface area contributed by atoms with Crippen LogP contribution in [0.15, 0.2) is 11.1 Å². The number of hydrogen-bond acceptors (Lipinski definition) is 1. The first-order chi connectivity index (χ1) is 3.93. The molecule has 0 unspecified atom stereocenters. The number of allylic oxidation sites excluding steroid dienone is 2. The molecule has 0 fully saturated rings. The molecule has 0 radical (unpaired) electrons. The normalized spacial score (nSPS) is 23.6. The van der Waals surface area contributed by atoms with Gasteiger partial charge in [0.2, 0.25) is 0 Å². The van der Waals surface area contributed by atoms with Gasteiger partial charge in [-0.1, -0.05) is 11.1 Å². The van der Waals surface area contributed by atoms with Gasteiger partial charge < -0.3 is 0 Å². The molecule has 0 amide bonds. The van der Waals surface area contributed by atoms with Crippen LogP contribution in [0.25, 0.3) is 0 Å². The average Bonchev–Trinajstić information content (AvgIpc) is 2.50. The van der Waals surface area contributed by atoms with Crippen molar-refractivity contribution in [3.63, 3.8) is 0 Å². The summed E-state index contributed by atoms with van der Waals surface area (Å²) >= 11 is 1.97. The maximum absolute atomic E-state index is 2.18. The van der Waals surface area contributed by atoms with E-state index in [1.807, 2.05) is 11.8 Å². The minimum Gasteiger partial charge on any atom is -0.165 e. The van der Waals surface area contributed by atoms with Crippen LogP contribution in [0.1, 0.15) is 12.8 Å². The first kappa shape index (κ1) is 4.92. The van der Waals surface area contributed by atoms with Gasteiger partial charge in [0.1, 0.15) is 0 Å². The van der Waals surface area contributed by atoms with Crippen molar-refractivity contribution in [1.29, 1.82) is 0 Å². The highest BCUT2D eigenvalue weighted by molar-refractivity contribution is 7.98. The fourth-order valence-electron chi connectivity index (χ4n) is 1.24. The molecule has 0 saturated carbocycles. The van der Waals surface area contributed by atoms with Crippen LogP contribution in [0.2, 0.25) is 0 Å². The van der Waals surface area contributed by atoms with E-state index < -0.39 is 0 Å². The highest BCUT2D eigenvalue weighted by atomic mass is 32.2. The van der Waals surface area contributed by atoms with Crippen LogP contribution >= 0.6 is 11.8 Å². The largest absolute Gasteiger partial charge is 0.165 e. The van der Waals surface area contributed by atoms with Gasteiger partial charge in [0.25, 0.3) is 0 Å². The van der Waals surface area contributed by atoms with Crippen molar-refractivity contribution >= 4 is 11.8 Å². The van der Waals surface area contributed by atoms with Gasteiger partial charge in [-0.2, -0.15) is 11.8 Å². The van der Waals surface area contributed by atoms with Crippen LogP contribution < -0.4 is 0 Å². The molecule has 0 nitrogen and oxygen atoms in total. The molecular weight excluding hydrogens is 116 g/mol. The molecule has 0 N–H and O–H groups in total. The lowest BCUT2D eigenvalue weighted by Gasteiger charge is -2.02. The third-order valence-electron chi connectivity index (χ3n) is 2.04. The zero-order valence-electron chi connectivity index (χ0n) is 5.11. The summed E-state index contributed by atoms with van der Waals surface area (Å²) in [6.45, 7) is 0. The summed E-state index contributed by atoms with van der Waals surface area (Å²) in [6.07, 6.45) is 5.04. The highest BCUT2D eigenvalue weighted by Crippen LogP contribution is 2.62. The van der Waals surface area contributed by atoms with Crippen LogP contribution in [-0.2, 0) is 0 Å². The van der Waals surface area contributed by atoms with Crippen molar-refractivity contribution in [2.45, 2.75) is 12.8 Å². The van der Waals surface area contributed by atoms with Gasteiger partial charge in [-0.3, -0.25) is 0 Å². The molecular formula is C7H10S. The Balaban J connectivity index is 1.61. The van der Waals surface area contributed by atoms with Crippen molar-refractivity contribution in [3.8, 4) is 0 Å². The Hall–Kier alpha value is 0.0900. The number of thioether (sulfide) groups is 1. The lowest BCUT2D eigenvalue weighted by atomic mass is 10.1. The summed E-state index contributed by atoms with van der Waals surface area (Å²) in [4.78, 5) is 0. The summed E-state index contributed by atoms with van der Waals surface area (Å²) in [5.74, 6) is 2.39. The van der Waals surface area contributed by atoms with Crippen LogP contribution in [0, 0.1) is 5.92 Å². The molecule has 0 aromatic rings. The lowest BCUT2D eigenvalue weighted by Crippen LogP contribution is -1.92. The zero-order chi connectivity index (χ0) is 5.56. The van der Waals surface area contributed by atoms with Crippen molar-refractivity contribution < 1.29 is 0 Å². The van der Waals surface area contributed by atoms with Gasteiger partial charge in [0.15, 0.2) is 0 Å². The molecule has 0 bridgehead atoms. The molecule has 2 aliphatic carbocycles. The Labute approximate surface area is 54.4 Å². The average molecular weight is 126 g/mol. The molecule has 1 heteroatoms. The second-order valence-corrected chi connectivity index (χ2v) is 3.55. The summed E-state index contributed by atoms with van der Waals surface area (Å²) in [5, 5.41) is 0. The Morgan fingerprint density at radius 3 is 2.75 bits per heavy atom. The third kappa shape index (κ3) is 0.609. The molecule has 0 heterocycles. The van der Waals surface area contributed by atoms with E-state index in [0.29, 0.717) is 0 Å². The summed E-state index contributed by atoms with van der Waals surface area (Å²) in [6, 6.07) is 0. The van der Waals surface area contributed by atoms with Crippen LogP contribution in [0.4, 0.5) is 0 Å². The molecule has 0 aliphatic heterocycles. The van der Waals surface area contributed by atoms with E-state index in [1.54, 1.807) is 11.1 Å². The fourth-order valence-corrected chi connectivity index (χ4v) is 1.71. The first-order valence-electron chi connectivity index (χ1n) is 3.14. The fraction of sp³-hybridized carbons (Fsp3) is 0.714. The minimum absolute atomic E-state index is 1.03. The van der Waals surface area contributed by atoms with Crippen molar-refractivity contribution in [3.05, 3.63) is 11.1 Å². The molecule has 0 saturated heterocycles.